The van der Waals surface area contributed by atoms with Gasteiger partial charge in [0.1, 0.15) is 6.61 Å². The molecule has 5 heteroatoms. The van der Waals surface area contributed by atoms with Gasteiger partial charge in [0.25, 0.3) is 0 Å². The average Bonchev–Trinajstić information content (AvgIpc) is 2.91. The van der Waals surface area contributed by atoms with Crippen LogP contribution in [0.1, 0.15) is 33.1 Å². The largest absolute Gasteiger partial charge is 0.364 e. The minimum Gasteiger partial charge on any atom is -0.364 e. The minimum atomic E-state index is -0.288. The third kappa shape index (κ3) is 2.48. The first-order valence-corrected chi connectivity index (χ1v) is 7.90. The number of carbonyl (C=O) groups is 2. The van der Waals surface area contributed by atoms with E-state index in [1.54, 1.807) is 0 Å². The Morgan fingerprint density at radius 2 is 2.24 bits per heavy atom. The molecule has 2 heterocycles. The minimum absolute atomic E-state index is 0.0191. The van der Waals surface area contributed by atoms with Gasteiger partial charge in [-0.2, -0.15) is 0 Å². The van der Waals surface area contributed by atoms with Crippen LogP contribution < -0.4 is 0 Å². The Morgan fingerprint density at radius 1 is 1.43 bits per heavy atom. The summed E-state index contributed by atoms with van der Waals surface area (Å²) in [6.07, 6.45) is 6.94. The first kappa shape index (κ1) is 14.6. The monoisotopic (exact) mass is 292 g/mol. The van der Waals surface area contributed by atoms with Gasteiger partial charge >= 0.3 is 0 Å². The van der Waals surface area contributed by atoms with Crippen LogP contribution in [0.25, 0.3) is 0 Å². The van der Waals surface area contributed by atoms with E-state index in [1.807, 2.05) is 16.7 Å². The van der Waals surface area contributed by atoms with Crippen LogP contribution in [0.3, 0.4) is 0 Å². The molecule has 0 aromatic heterocycles. The molecule has 0 bridgehead atoms. The predicted octanol–water partition coefficient (Wildman–Crippen LogP) is 1.19. The maximum Gasteiger partial charge on any atom is 0.248 e. The van der Waals surface area contributed by atoms with Gasteiger partial charge in [0.15, 0.2) is 0 Å². The number of hydrogen-bond acceptors (Lipinski definition) is 3. The second-order valence-corrected chi connectivity index (χ2v) is 6.58. The third-order valence-corrected chi connectivity index (χ3v) is 5.12. The predicted molar refractivity (Wildman–Crippen MR) is 78.6 cm³/mol. The molecule has 2 fully saturated rings. The molecule has 0 aromatic rings. The lowest BCUT2D eigenvalue weighted by Crippen LogP contribution is -2.53. The molecule has 1 unspecified atom stereocenters. The van der Waals surface area contributed by atoms with Crippen molar-refractivity contribution in [2.45, 2.75) is 45.3 Å². The molecule has 3 atom stereocenters. The number of carbonyl (C=O) groups excluding carboxylic acids is 2. The zero-order valence-electron chi connectivity index (χ0n) is 12.9. The molecule has 2 amide bonds. The third-order valence-electron chi connectivity index (χ3n) is 5.12. The number of nitrogens with zero attached hydrogens (tertiary/aromatic N) is 2. The average molecular weight is 292 g/mol. The van der Waals surface area contributed by atoms with Crippen LogP contribution in [-0.2, 0) is 14.3 Å². The van der Waals surface area contributed by atoms with Crippen LogP contribution in [0.15, 0.2) is 12.2 Å². The topological polar surface area (TPSA) is 49.9 Å². The molecule has 2 aliphatic heterocycles. The zero-order chi connectivity index (χ0) is 15.0. The number of likely N-dealkylation sites (tertiary alicyclic amines) is 1. The summed E-state index contributed by atoms with van der Waals surface area (Å²) >= 11 is 0. The first-order chi connectivity index (χ1) is 10.0. The molecular formula is C16H24N2O3. The van der Waals surface area contributed by atoms with E-state index < -0.39 is 0 Å². The van der Waals surface area contributed by atoms with Gasteiger partial charge in [0.2, 0.25) is 11.8 Å². The fraction of sp³-hybridized carbons (Fsp3) is 0.750. The molecule has 2 saturated heterocycles. The number of likely N-dealkylation sites (N-methyl/N-ethyl adjacent to an activating group) is 1. The summed E-state index contributed by atoms with van der Waals surface area (Å²) in [5.74, 6) is 0.258. The molecule has 0 radical (unpaired) electrons. The molecule has 1 aliphatic carbocycles. The molecule has 0 aromatic carbocycles. The number of ether oxygens (including phenoxy) is 1. The van der Waals surface area contributed by atoms with Crippen molar-refractivity contribution in [2.24, 2.45) is 5.41 Å². The summed E-state index contributed by atoms with van der Waals surface area (Å²) in [4.78, 5) is 28.6. The van der Waals surface area contributed by atoms with Gasteiger partial charge in [-0.3, -0.25) is 9.59 Å². The summed E-state index contributed by atoms with van der Waals surface area (Å²) < 4.78 is 5.65. The Kier molecular flexibility index (Phi) is 3.78. The molecule has 0 spiro atoms. The second-order valence-electron chi connectivity index (χ2n) is 6.58. The molecule has 3 aliphatic rings. The highest BCUT2D eigenvalue weighted by atomic mass is 16.5. The molecule has 3 rings (SSSR count). The lowest BCUT2D eigenvalue weighted by Gasteiger charge is -2.36. The van der Waals surface area contributed by atoms with Crippen LogP contribution in [0.4, 0.5) is 0 Å². The number of fused-ring (bicyclic) bond motifs is 1. The first-order valence-electron chi connectivity index (χ1n) is 7.90. The summed E-state index contributed by atoms with van der Waals surface area (Å²) in [6.45, 7) is 6.11. The normalized spacial score (nSPS) is 36.0. The van der Waals surface area contributed by atoms with Gasteiger partial charge in [-0.25, -0.2) is 0 Å². The number of morpholine rings is 1. The van der Waals surface area contributed by atoms with Crippen molar-refractivity contribution in [1.82, 2.24) is 9.80 Å². The van der Waals surface area contributed by atoms with E-state index in [2.05, 4.69) is 19.1 Å². The van der Waals surface area contributed by atoms with Gasteiger partial charge in [-0.15, -0.1) is 0 Å². The maximum absolute atomic E-state index is 12.9. The van der Waals surface area contributed by atoms with E-state index in [4.69, 9.17) is 4.74 Å². The summed E-state index contributed by atoms with van der Waals surface area (Å²) in [6, 6.07) is 0.0305. The quantitative estimate of drug-likeness (QED) is 0.718. The number of rotatable bonds is 2. The summed E-state index contributed by atoms with van der Waals surface area (Å²) in [5.41, 5.74) is -0.288. The van der Waals surface area contributed by atoms with Gasteiger partial charge in [0.05, 0.1) is 17.6 Å². The fourth-order valence-corrected chi connectivity index (χ4v) is 3.78. The van der Waals surface area contributed by atoms with Gasteiger partial charge in [-0.1, -0.05) is 19.1 Å². The SMILES string of the molecule is CCN1C(=O)CO[C@@H]2CN(C(=O)C3(C)CC=CCC3)C[C@H]21. The van der Waals surface area contributed by atoms with E-state index in [0.717, 1.165) is 19.3 Å². The van der Waals surface area contributed by atoms with E-state index in [9.17, 15) is 9.59 Å². The molecule has 5 nitrogen and oxygen atoms in total. The Labute approximate surface area is 125 Å². The van der Waals surface area contributed by atoms with Crippen LogP contribution in [0.2, 0.25) is 0 Å². The Hall–Kier alpha value is -1.36. The van der Waals surface area contributed by atoms with Crippen LogP contribution in [0, 0.1) is 5.41 Å². The molecule has 0 N–H and O–H groups in total. The maximum atomic E-state index is 12.9. The fourth-order valence-electron chi connectivity index (χ4n) is 3.78. The highest BCUT2D eigenvalue weighted by Gasteiger charge is 2.47. The van der Waals surface area contributed by atoms with Crippen molar-refractivity contribution < 1.29 is 14.3 Å². The smallest absolute Gasteiger partial charge is 0.248 e. The molecular weight excluding hydrogens is 268 g/mol. The molecule has 0 saturated carbocycles. The molecule has 21 heavy (non-hydrogen) atoms. The Balaban J connectivity index is 1.73. The van der Waals surface area contributed by atoms with Crippen LogP contribution in [0.5, 0.6) is 0 Å². The second kappa shape index (κ2) is 5.44. The van der Waals surface area contributed by atoms with Crippen LogP contribution >= 0.6 is 0 Å². The van der Waals surface area contributed by atoms with Crippen molar-refractivity contribution in [3.05, 3.63) is 12.2 Å². The van der Waals surface area contributed by atoms with Crippen molar-refractivity contribution in [3.8, 4) is 0 Å². The highest BCUT2D eigenvalue weighted by Crippen LogP contribution is 2.36. The lowest BCUT2D eigenvalue weighted by atomic mass is 9.78. The van der Waals surface area contributed by atoms with E-state index in [1.165, 1.54) is 0 Å². The van der Waals surface area contributed by atoms with Gasteiger partial charge in [0, 0.05) is 19.6 Å². The number of amides is 2. The highest BCUT2D eigenvalue weighted by molar-refractivity contribution is 5.84. The standard InChI is InChI=1S/C16H24N2O3/c1-3-18-12-9-17(10-13(12)21-11-14(18)19)15(20)16(2)7-5-4-6-8-16/h4-5,12-13H,3,6-11H2,1-2H3/t12-,13-,16?/m1/s1. The van der Waals surface area contributed by atoms with Crippen molar-refractivity contribution in [2.75, 3.05) is 26.2 Å². The van der Waals surface area contributed by atoms with E-state index in [0.29, 0.717) is 19.6 Å². The van der Waals surface area contributed by atoms with E-state index >= 15 is 0 Å². The number of allylic oxidation sites excluding steroid dienone is 2. The summed E-state index contributed by atoms with van der Waals surface area (Å²) in [7, 11) is 0. The van der Waals surface area contributed by atoms with E-state index in [-0.39, 0.29) is 36.0 Å². The van der Waals surface area contributed by atoms with Gasteiger partial charge < -0.3 is 14.5 Å². The van der Waals surface area contributed by atoms with Crippen LogP contribution in [-0.4, -0.2) is 60.0 Å². The van der Waals surface area contributed by atoms with Crippen molar-refractivity contribution in [1.29, 1.82) is 0 Å². The van der Waals surface area contributed by atoms with Gasteiger partial charge in [-0.05, 0) is 26.2 Å². The lowest BCUT2D eigenvalue weighted by molar-refractivity contribution is -0.152. The zero-order valence-corrected chi connectivity index (χ0v) is 12.9. The molecule has 116 valence electrons. The van der Waals surface area contributed by atoms with Crippen molar-refractivity contribution in [3.63, 3.8) is 0 Å². The Morgan fingerprint density at radius 3 is 2.90 bits per heavy atom. The summed E-state index contributed by atoms with van der Waals surface area (Å²) in [5, 5.41) is 0. The Bertz CT molecular complexity index is 476. The number of hydrogen-bond donors (Lipinski definition) is 0. The van der Waals surface area contributed by atoms with Crippen molar-refractivity contribution >= 4 is 11.8 Å².